The second kappa shape index (κ2) is 8.06. The number of aliphatic hydroxyl groups is 1. The average Bonchev–Trinajstić information content (AvgIpc) is 2.75. The normalized spacial score (nSPS) is 32.1. The number of fused-ring (bicyclic) bond motifs is 3. The summed E-state index contributed by atoms with van der Waals surface area (Å²) >= 11 is 0. The Hall–Kier alpha value is -3.44. The van der Waals surface area contributed by atoms with E-state index in [9.17, 15) is 39.0 Å². The monoisotopic (exact) mass is 485 g/mol. The van der Waals surface area contributed by atoms with Crippen LogP contribution < -0.4 is 5.73 Å². The van der Waals surface area contributed by atoms with Crippen molar-refractivity contribution in [2.75, 3.05) is 28.2 Å². The zero-order chi connectivity index (χ0) is 26.1. The van der Waals surface area contributed by atoms with E-state index >= 15 is 0 Å². The smallest absolute Gasteiger partial charge is 0.253 e. The number of phenols is 1. The summed E-state index contributed by atoms with van der Waals surface area (Å²) in [6.45, 7) is 0. The fraction of sp³-hybridized carbons (Fsp3) is 0.500. The summed E-state index contributed by atoms with van der Waals surface area (Å²) in [5.41, 5.74) is 2.78. The number of nitrogens with two attached hydrogens (primary N) is 1. The Bertz CT molecular complexity index is 1210. The topological polar surface area (TPSA) is 175 Å². The van der Waals surface area contributed by atoms with Crippen LogP contribution in [-0.4, -0.2) is 94.8 Å². The molecule has 2 fully saturated rings. The van der Waals surface area contributed by atoms with Crippen molar-refractivity contribution in [2.24, 2.45) is 29.4 Å². The minimum atomic E-state index is -2.77. The van der Waals surface area contributed by atoms with Crippen molar-refractivity contribution in [2.45, 2.75) is 24.5 Å². The van der Waals surface area contributed by atoms with Crippen LogP contribution in [0.5, 0.6) is 5.75 Å². The van der Waals surface area contributed by atoms with Crippen LogP contribution >= 0.6 is 0 Å². The maximum absolute atomic E-state index is 13.7. The summed E-state index contributed by atoms with van der Waals surface area (Å²) in [5, 5.41) is 22.0. The number of hydrogen-bond donors (Lipinski definition) is 3. The highest BCUT2D eigenvalue weighted by Crippen LogP contribution is 2.51. The van der Waals surface area contributed by atoms with Gasteiger partial charge in [0, 0.05) is 25.6 Å². The average molecular weight is 485 g/mol. The number of carbonyl (C=O) groups excluding carboxylic acids is 6. The summed E-state index contributed by atoms with van der Waals surface area (Å²) in [6.07, 6.45) is -0.0374. The first-order valence-electron chi connectivity index (χ1n) is 11.2. The molecule has 2 saturated carbocycles. The first-order valence-corrected chi connectivity index (χ1v) is 11.2. The number of nitrogens with zero attached hydrogens (tertiary/aromatic N) is 2. The van der Waals surface area contributed by atoms with E-state index in [4.69, 9.17) is 5.73 Å². The molecule has 186 valence electrons. The quantitative estimate of drug-likeness (QED) is 0.433. The molecule has 0 heterocycles. The van der Waals surface area contributed by atoms with Gasteiger partial charge in [-0.3, -0.25) is 33.7 Å². The lowest BCUT2D eigenvalue weighted by atomic mass is 9.52. The summed E-state index contributed by atoms with van der Waals surface area (Å²) < 4.78 is 0. The predicted molar refractivity (Wildman–Crippen MR) is 119 cm³/mol. The number of rotatable bonds is 3. The Balaban J connectivity index is 1.89. The van der Waals surface area contributed by atoms with Crippen LogP contribution in [0.25, 0.3) is 0 Å². The molecule has 11 nitrogen and oxygen atoms in total. The Morgan fingerprint density at radius 1 is 1.06 bits per heavy atom. The zero-order valence-corrected chi connectivity index (χ0v) is 19.8. The SMILES string of the molecule is CN(C)C(=O)c1ccc(O)c2c1C[C@@H]1C[C@@H]3C(N(C)C)C(=O)C(C(N)=O)C(=O)[C@]3(O)C(=O)C1C2=O. The van der Waals surface area contributed by atoms with E-state index in [1.54, 1.807) is 0 Å². The Morgan fingerprint density at radius 3 is 2.23 bits per heavy atom. The first kappa shape index (κ1) is 24.7. The molecule has 4 N–H and O–H groups in total. The molecule has 4 rings (SSSR count). The van der Waals surface area contributed by atoms with Crippen LogP contribution in [-0.2, 0) is 25.6 Å². The highest BCUT2D eigenvalue weighted by atomic mass is 16.3. The van der Waals surface area contributed by atoms with Crippen molar-refractivity contribution in [3.8, 4) is 5.75 Å². The van der Waals surface area contributed by atoms with E-state index in [1.807, 2.05) is 0 Å². The molecule has 1 aromatic rings. The van der Waals surface area contributed by atoms with Crippen LogP contribution in [0, 0.1) is 23.7 Å². The molecule has 35 heavy (non-hydrogen) atoms. The third-order valence-electron chi connectivity index (χ3n) is 7.58. The molecule has 1 aromatic carbocycles. The highest BCUT2D eigenvalue weighted by Gasteiger charge is 2.69. The van der Waals surface area contributed by atoms with E-state index in [1.165, 1.54) is 50.1 Å². The number of ketones is 4. The number of amides is 2. The Labute approximate surface area is 200 Å². The van der Waals surface area contributed by atoms with Gasteiger partial charge in [0.25, 0.3) is 5.91 Å². The number of carbonyl (C=O) groups is 6. The van der Waals surface area contributed by atoms with E-state index < -0.39 is 76.0 Å². The van der Waals surface area contributed by atoms with Crippen LogP contribution in [0.4, 0.5) is 0 Å². The summed E-state index contributed by atoms with van der Waals surface area (Å²) in [5.74, 6) is -11.6. The minimum absolute atomic E-state index is 0.0369. The molecule has 0 spiro atoms. The molecule has 0 bridgehead atoms. The van der Waals surface area contributed by atoms with Crippen molar-refractivity contribution in [1.29, 1.82) is 0 Å². The van der Waals surface area contributed by atoms with Crippen LogP contribution in [0.2, 0.25) is 0 Å². The molecular formula is C24H27N3O8. The molecule has 6 atom stereocenters. The van der Waals surface area contributed by atoms with E-state index in [2.05, 4.69) is 0 Å². The van der Waals surface area contributed by atoms with E-state index in [0.717, 1.165) is 0 Å². The van der Waals surface area contributed by atoms with Crippen molar-refractivity contribution in [3.63, 3.8) is 0 Å². The standard InChI is InChI=1S/C24H27N3O8/c1-26(2)17-12-8-9-7-11-10(23(34)27(3)4)5-6-13(28)15(11)18(29)14(9)20(31)24(12,35)21(32)16(19(17)30)22(25)33/h5-6,9,12,14,16-17,28,35H,7-8H2,1-4H3,(H2,25,33)/t9-,12-,14?,16?,17?,24-/m1/s1. The summed E-state index contributed by atoms with van der Waals surface area (Å²) in [7, 11) is 6.10. The second-order valence-corrected chi connectivity index (χ2v) is 9.97. The number of primary amides is 1. The van der Waals surface area contributed by atoms with Crippen molar-refractivity contribution >= 4 is 34.9 Å². The molecule has 0 radical (unpaired) electrons. The fourth-order valence-electron chi connectivity index (χ4n) is 6.05. The maximum atomic E-state index is 13.7. The molecule has 0 aliphatic heterocycles. The lowest BCUT2D eigenvalue weighted by molar-refractivity contribution is -0.181. The lowest BCUT2D eigenvalue weighted by Crippen LogP contribution is -2.74. The van der Waals surface area contributed by atoms with Gasteiger partial charge >= 0.3 is 0 Å². The van der Waals surface area contributed by atoms with Crippen LogP contribution in [0.15, 0.2) is 12.1 Å². The molecule has 0 saturated heterocycles. The molecular weight excluding hydrogens is 458 g/mol. The van der Waals surface area contributed by atoms with Gasteiger partial charge in [-0.15, -0.1) is 0 Å². The number of hydrogen-bond acceptors (Lipinski definition) is 9. The second-order valence-electron chi connectivity index (χ2n) is 9.97. The van der Waals surface area contributed by atoms with Gasteiger partial charge in [0.1, 0.15) is 5.75 Å². The molecule has 2 amide bonds. The molecule has 3 aliphatic rings. The van der Waals surface area contributed by atoms with E-state index in [0.29, 0.717) is 0 Å². The first-order chi connectivity index (χ1) is 16.2. The molecule has 3 aliphatic carbocycles. The third kappa shape index (κ3) is 3.25. The van der Waals surface area contributed by atoms with Gasteiger partial charge in [-0.25, -0.2) is 0 Å². The summed E-state index contributed by atoms with van der Waals surface area (Å²) in [4.78, 5) is 81.0. The Morgan fingerprint density at radius 2 is 1.69 bits per heavy atom. The van der Waals surface area contributed by atoms with Crippen LogP contribution in [0.3, 0.4) is 0 Å². The highest BCUT2D eigenvalue weighted by molar-refractivity contribution is 6.32. The summed E-state index contributed by atoms with van der Waals surface area (Å²) in [6, 6.07) is 1.41. The number of aromatic hydroxyl groups is 1. The van der Waals surface area contributed by atoms with Crippen molar-refractivity contribution in [1.82, 2.24) is 9.80 Å². The van der Waals surface area contributed by atoms with Gasteiger partial charge in [-0.2, -0.15) is 0 Å². The van der Waals surface area contributed by atoms with Gasteiger partial charge in [0.2, 0.25) is 5.91 Å². The van der Waals surface area contributed by atoms with Crippen molar-refractivity contribution < 1.29 is 39.0 Å². The van der Waals surface area contributed by atoms with Gasteiger partial charge in [0.15, 0.2) is 34.7 Å². The maximum Gasteiger partial charge on any atom is 0.253 e. The zero-order valence-electron chi connectivity index (χ0n) is 19.8. The number of likely N-dealkylation sites (N-methyl/N-ethyl adjacent to an activating group) is 1. The van der Waals surface area contributed by atoms with Crippen molar-refractivity contribution in [3.05, 3.63) is 28.8 Å². The number of benzene rings is 1. The van der Waals surface area contributed by atoms with Gasteiger partial charge in [0.05, 0.1) is 17.5 Å². The third-order valence-corrected chi connectivity index (χ3v) is 7.58. The van der Waals surface area contributed by atoms with Gasteiger partial charge in [-0.05, 0) is 50.6 Å². The lowest BCUT2D eigenvalue weighted by Gasteiger charge is -2.52. The van der Waals surface area contributed by atoms with Gasteiger partial charge < -0.3 is 20.8 Å². The van der Waals surface area contributed by atoms with E-state index in [-0.39, 0.29) is 29.5 Å². The number of Topliss-reactive ketones (excluding diaryl/α,β-unsaturated/α-hetero) is 4. The van der Waals surface area contributed by atoms with Crippen LogP contribution in [0.1, 0.15) is 32.7 Å². The fourth-order valence-corrected chi connectivity index (χ4v) is 6.05. The van der Waals surface area contributed by atoms with Gasteiger partial charge in [-0.1, -0.05) is 0 Å². The predicted octanol–water partition coefficient (Wildman–Crippen LogP) is -1.43. The number of phenolic OH excluding ortho intramolecular Hbond substituents is 1. The molecule has 0 aromatic heterocycles. The molecule has 3 unspecified atom stereocenters. The molecule has 11 heteroatoms. The minimum Gasteiger partial charge on any atom is -0.507 e. The largest absolute Gasteiger partial charge is 0.507 e. The Kier molecular flexibility index (Phi) is 5.68.